The van der Waals surface area contributed by atoms with Gasteiger partial charge in [0.15, 0.2) is 0 Å². The van der Waals surface area contributed by atoms with Crippen molar-refractivity contribution in [1.82, 2.24) is 10.2 Å². The molecule has 0 saturated carbocycles. The first-order valence-electron chi connectivity index (χ1n) is 5.75. The van der Waals surface area contributed by atoms with Crippen LogP contribution in [0.3, 0.4) is 0 Å². The average Bonchev–Trinajstić information content (AvgIpc) is 2.29. The summed E-state index contributed by atoms with van der Waals surface area (Å²) in [6.45, 7) is 5.83. The lowest BCUT2D eigenvalue weighted by molar-refractivity contribution is 0.237. The zero-order chi connectivity index (χ0) is 11.8. The summed E-state index contributed by atoms with van der Waals surface area (Å²) in [6.07, 6.45) is 0. The Labute approximate surface area is 98.4 Å². The third-order valence-corrected chi connectivity index (χ3v) is 2.57. The van der Waals surface area contributed by atoms with Crippen LogP contribution in [0.1, 0.15) is 5.56 Å². The molecule has 0 unspecified atom stereocenters. The van der Waals surface area contributed by atoms with Crippen LogP contribution in [0, 0.1) is 6.92 Å². The molecule has 0 fully saturated rings. The third kappa shape index (κ3) is 4.64. The van der Waals surface area contributed by atoms with Crippen LogP contribution < -0.4 is 10.1 Å². The summed E-state index contributed by atoms with van der Waals surface area (Å²) in [6, 6.07) is 8.12. The van der Waals surface area contributed by atoms with Crippen LogP contribution in [-0.4, -0.2) is 45.2 Å². The quantitative estimate of drug-likeness (QED) is 0.757. The van der Waals surface area contributed by atoms with Gasteiger partial charge in [0.25, 0.3) is 0 Å². The number of hydrogen-bond acceptors (Lipinski definition) is 3. The maximum atomic E-state index is 5.73. The van der Waals surface area contributed by atoms with E-state index >= 15 is 0 Å². The van der Waals surface area contributed by atoms with E-state index in [4.69, 9.17) is 4.74 Å². The minimum atomic E-state index is 0.741. The SMILES string of the molecule is CNCCN(C)CCOc1ccccc1C. The molecule has 0 aromatic heterocycles. The van der Waals surface area contributed by atoms with E-state index in [0.29, 0.717) is 0 Å². The fourth-order valence-electron chi connectivity index (χ4n) is 1.44. The van der Waals surface area contributed by atoms with Crippen molar-refractivity contribution in [2.24, 2.45) is 0 Å². The second-order valence-corrected chi connectivity index (χ2v) is 4.02. The van der Waals surface area contributed by atoms with E-state index in [-0.39, 0.29) is 0 Å². The van der Waals surface area contributed by atoms with Crippen molar-refractivity contribution < 1.29 is 4.74 Å². The highest BCUT2D eigenvalue weighted by Crippen LogP contribution is 2.15. The van der Waals surface area contributed by atoms with Crippen LogP contribution in [0.4, 0.5) is 0 Å². The molecule has 0 heterocycles. The molecule has 0 bridgehead atoms. The molecule has 0 saturated heterocycles. The second-order valence-electron chi connectivity index (χ2n) is 4.02. The molecule has 0 atom stereocenters. The Balaban J connectivity index is 2.23. The number of likely N-dealkylation sites (N-methyl/N-ethyl adjacent to an activating group) is 2. The van der Waals surface area contributed by atoms with Gasteiger partial charge in [0.2, 0.25) is 0 Å². The lowest BCUT2D eigenvalue weighted by Gasteiger charge is -2.17. The van der Waals surface area contributed by atoms with Gasteiger partial charge in [-0.05, 0) is 32.6 Å². The van der Waals surface area contributed by atoms with Crippen LogP contribution in [-0.2, 0) is 0 Å². The topological polar surface area (TPSA) is 24.5 Å². The summed E-state index contributed by atoms with van der Waals surface area (Å²) >= 11 is 0. The van der Waals surface area contributed by atoms with Crippen LogP contribution in [0.2, 0.25) is 0 Å². The van der Waals surface area contributed by atoms with Gasteiger partial charge in [-0.25, -0.2) is 0 Å². The molecular weight excluding hydrogens is 200 g/mol. The van der Waals surface area contributed by atoms with Gasteiger partial charge in [0.05, 0.1) is 0 Å². The normalized spacial score (nSPS) is 10.8. The Hall–Kier alpha value is -1.06. The van der Waals surface area contributed by atoms with Gasteiger partial charge in [-0.15, -0.1) is 0 Å². The molecular formula is C13H22N2O. The number of ether oxygens (including phenoxy) is 1. The van der Waals surface area contributed by atoms with Crippen molar-refractivity contribution in [3.63, 3.8) is 0 Å². The molecule has 3 heteroatoms. The fourth-order valence-corrected chi connectivity index (χ4v) is 1.44. The summed E-state index contributed by atoms with van der Waals surface area (Å²) in [5.41, 5.74) is 1.19. The number of para-hydroxylation sites is 1. The average molecular weight is 222 g/mol. The molecule has 90 valence electrons. The molecule has 0 aliphatic carbocycles. The van der Waals surface area contributed by atoms with E-state index in [2.05, 4.69) is 30.3 Å². The highest BCUT2D eigenvalue weighted by molar-refractivity contribution is 5.31. The maximum Gasteiger partial charge on any atom is 0.122 e. The number of hydrogen-bond donors (Lipinski definition) is 1. The molecule has 0 aliphatic rings. The summed E-state index contributed by atoms with van der Waals surface area (Å²) in [7, 11) is 4.08. The van der Waals surface area contributed by atoms with E-state index < -0.39 is 0 Å². The Morgan fingerprint density at radius 1 is 1.25 bits per heavy atom. The summed E-state index contributed by atoms with van der Waals surface area (Å²) in [4.78, 5) is 2.26. The number of rotatable bonds is 7. The van der Waals surface area contributed by atoms with Crippen LogP contribution >= 0.6 is 0 Å². The molecule has 16 heavy (non-hydrogen) atoms. The number of aryl methyl sites for hydroxylation is 1. The first-order chi connectivity index (χ1) is 7.74. The monoisotopic (exact) mass is 222 g/mol. The predicted octanol–water partition coefficient (Wildman–Crippen LogP) is 1.53. The maximum absolute atomic E-state index is 5.73. The van der Waals surface area contributed by atoms with Crippen LogP contribution in [0.15, 0.2) is 24.3 Å². The molecule has 0 aliphatic heterocycles. The Bertz CT molecular complexity index is 302. The first kappa shape index (κ1) is 13.0. The smallest absolute Gasteiger partial charge is 0.122 e. The predicted molar refractivity (Wildman–Crippen MR) is 68.1 cm³/mol. The Kier molecular flexibility index (Phi) is 5.90. The Morgan fingerprint density at radius 3 is 2.69 bits per heavy atom. The molecule has 1 rings (SSSR count). The second kappa shape index (κ2) is 7.25. The van der Waals surface area contributed by atoms with Gasteiger partial charge in [0, 0.05) is 19.6 Å². The van der Waals surface area contributed by atoms with Gasteiger partial charge < -0.3 is 15.0 Å². The van der Waals surface area contributed by atoms with Crippen LogP contribution in [0.5, 0.6) is 5.75 Å². The third-order valence-electron chi connectivity index (χ3n) is 2.57. The summed E-state index contributed by atoms with van der Waals surface area (Å²) in [5.74, 6) is 0.990. The first-order valence-corrected chi connectivity index (χ1v) is 5.75. The summed E-state index contributed by atoms with van der Waals surface area (Å²) < 4.78 is 5.73. The van der Waals surface area contributed by atoms with Gasteiger partial charge in [-0.2, -0.15) is 0 Å². The van der Waals surface area contributed by atoms with E-state index in [1.807, 2.05) is 25.2 Å². The highest BCUT2D eigenvalue weighted by atomic mass is 16.5. The molecule has 0 radical (unpaired) electrons. The minimum Gasteiger partial charge on any atom is -0.492 e. The van der Waals surface area contributed by atoms with Crippen LogP contribution in [0.25, 0.3) is 0 Å². The van der Waals surface area contributed by atoms with E-state index in [1.54, 1.807) is 0 Å². The number of nitrogens with one attached hydrogen (secondary N) is 1. The molecule has 1 aromatic carbocycles. The highest BCUT2D eigenvalue weighted by Gasteiger charge is 2.00. The largest absolute Gasteiger partial charge is 0.492 e. The molecule has 1 aromatic rings. The van der Waals surface area contributed by atoms with Gasteiger partial charge in [-0.1, -0.05) is 18.2 Å². The van der Waals surface area contributed by atoms with Crippen molar-refractivity contribution in [3.05, 3.63) is 29.8 Å². The zero-order valence-electron chi connectivity index (χ0n) is 10.5. The van der Waals surface area contributed by atoms with Gasteiger partial charge in [0.1, 0.15) is 12.4 Å². The van der Waals surface area contributed by atoms with Crippen molar-refractivity contribution in [2.75, 3.05) is 40.3 Å². The van der Waals surface area contributed by atoms with Crippen molar-refractivity contribution in [1.29, 1.82) is 0 Å². The van der Waals surface area contributed by atoms with Gasteiger partial charge in [-0.3, -0.25) is 0 Å². The molecule has 1 N–H and O–H groups in total. The van der Waals surface area contributed by atoms with E-state index in [0.717, 1.165) is 32.0 Å². The van der Waals surface area contributed by atoms with Gasteiger partial charge >= 0.3 is 0 Å². The lowest BCUT2D eigenvalue weighted by Crippen LogP contribution is -2.30. The fraction of sp³-hybridized carbons (Fsp3) is 0.538. The number of nitrogens with zero attached hydrogens (tertiary/aromatic N) is 1. The Morgan fingerprint density at radius 2 is 2.00 bits per heavy atom. The van der Waals surface area contributed by atoms with Crippen molar-refractivity contribution >= 4 is 0 Å². The molecule has 0 spiro atoms. The summed E-state index contributed by atoms with van der Waals surface area (Å²) in [5, 5.41) is 3.13. The van der Waals surface area contributed by atoms with Crippen molar-refractivity contribution in [2.45, 2.75) is 6.92 Å². The lowest BCUT2D eigenvalue weighted by atomic mass is 10.2. The standard InChI is InChI=1S/C13H22N2O/c1-12-6-4-5-7-13(12)16-11-10-15(3)9-8-14-2/h4-7,14H,8-11H2,1-3H3. The minimum absolute atomic E-state index is 0.741. The van der Waals surface area contributed by atoms with E-state index in [9.17, 15) is 0 Å². The number of benzene rings is 1. The van der Waals surface area contributed by atoms with Crippen molar-refractivity contribution in [3.8, 4) is 5.75 Å². The molecule has 3 nitrogen and oxygen atoms in total. The zero-order valence-corrected chi connectivity index (χ0v) is 10.5. The molecule has 0 amide bonds. The van der Waals surface area contributed by atoms with E-state index in [1.165, 1.54) is 5.56 Å².